The summed E-state index contributed by atoms with van der Waals surface area (Å²) in [4.78, 5) is 21.0. The van der Waals surface area contributed by atoms with Crippen LogP contribution in [0, 0.1) is 0 Å². The number of carboxylic acid groups (broad SMARTS) is 2. The molecule has 0 aliphatic carbocycles. The summed E-state index contributed by atoms with van der Waals surface area (Å²) in [6, 6.07) is 0. The number of hydrogen-bond donors (Lipinski definition) is 2. The van der Waals surface area contributed by atoms with Crippen molar-refractivity contribution >= 4 is 11.9 Å². The molecule has 108 valence electrons. The molecule has 0 aliphatic rings. The second-order valence-electron chi connectivity index (χ2n) is 3.22. The van der Waals surface area contributed by atoms with Crippen LogP contribution in [0.4, 0.5) is 0 Å². The Labute approximate surface area is 113 Å². The van der Waals surface area contributed by atoms with E-state index in [-0.39, 0.29) is 0 Å². The average Bonchev–Trinajstić information content (AvgIpc) is 2.16. The Morgan fingerprint density at radius 2 is 1.12 bits per heavy atom. The number of carbonyl (C=O) groups is 2. The van der Waals surface area contributed by atoms with Gasteiger partial charge in [-0.25, -0.2) is 0 Å². The first-order valence-corrected chi connectivity index (χ1v) is 7.92. The Bertz CT molecular complexity index is 146. The molecule has 0 rings (SSSR count). The zero-order valence-electron chi connectivity index (χ0n) is 11.3. The van der Waals surface area contributed by atoms with Gasteiger partial charge in [0.1, 0.15) is 0 Å². The van der Waals surface area contributed by atoms with Crippen LogP contribution in [-0.2, 0) is 27.6 Å². The van der Waals surface area contributed by atoms with Gasteiger partial charge in [-0.05, 0) is 0 Å². The summed E-state index contributed by atoms with van der Waals surface area (Å²) in [5.74, 6) is -1.67. The predicted octanol–water partition coefficient (Wildman–Crippen LogP) is 3.69. The fourth-order valence-electron chi connectivity index (χ4n) is 0.461. The minimum atomic E-state index is -0.833. The molecular formula is C12H26O4Pd. The van der Waals surface area contributed by atoms with E-state index in [1.54, 1.807) is 0 Å². The van der Waals surface area contributed by atoms with E-state index in [9.17, 15) is 0 Å². The van der Waals surface area contributed by atoms with E-state index in [1.807, 2.05) is 0 Å². The van der Waals surface area contributed by atoms with Gasteiger partial charge in [0.15, 0.2) is 0 Å². The van der Waals surface area contributed by atoms with Crippen molar-refractivity contribution in [3.63, 3.8) is 0 Å². The maximum atomic E-state index is 9.00. The number of aliphatic carboxylic acids is 2. The number of hydrogen-bond acceptors (Lipinski definition) is 2. The molecule has 0 aromatic rings. The van der Waals surface area contributed by atoms with Crippen LogP contribution in [0.2, 0.25) is 9.79 Å². The molecule has 17 heavy (non-hydrogen) atoms. The second-order valence-corrected chi connectivity index (χ2v) is 5.55. The van der Waals surface area contributed by atoms with Crippen LogP contribution in [0.1, 0.15) is 53.4 Å². The zero-order chi connectivity index (χ0) is 14.1. The van der Waals surface area contributed by atoms with Crippen molar-refractivity contribution in [2.24, 2.45) is 0 Å². The van der Waals surface area contributed by atoms with Gasteiger partial charge in [-0.1, -0.05) is 0 Å². The van der Waals surface area contributed by atoms with Gasteiger partial charge in [0.2, 0.25) is 0 Å². The Balaban J connectivity index is -0.000000205. The Hall–Kier alpha value is -0.398. The Morgan fingerprint density at radius 1 is 0.882 bits per heavy atom. The van der Waals surface area contributed by atoms with E-state index in [4.69, 9.17) is 19.8 Å². The third kappa shape index (κ3) is 92.0. The fourth-order valence-corrected chi connectivity index (χ4v) is 2.73. The van der Waals surface area contributed by atoms with E-state index in [0.29, 0.717) is 0 Å². The van der Waals surface area contributed by atoms with Crippen molar-refractivity contribution in [3.8, 4) is 0 Å². The quantitative estimate of drug-likeness (QED) is 0.571. The van der Waals surface area contributed by atoms with Crippen molar-refractivity contribution in [1.82, 2.24) is 0 Å². The molecule has 0 fully saturated rings. The first-order chi connectivity index (χ1) is 7.88. The molecule has 0 aromatic carbocycles. The van der Waals surface area contributed by atoms with E-state index in [0.717, 1.165) is 31.8 Å². The monoisotopic (exact) mass is 340 g/mol. The summed E-state index contributed by atoms with van der Waals surface area (Å²) in [6.45, 7) is 6.71. The first-order valence-electron chi connectivity index (χ1n) is 5.72. The second kappa shape index (κ2) is 20.9. The van der Waals surface area contributed by atoms with Crippen LogP contribution in [0.15, 0.2) is 0 Å². The molecule has 0 spiro atoms. The number of unbranched alkanes of at least 4 members (excludes halogenated alkanes) is 2. The van der Waals surface area contributed by atoms with Crippen LogP contribution in [-0.4, -0.2) is 22.2 Å². The SMILES string of the molecule is CC(=O)O.CC(=O)O.CCC[CH2][Pd][CH2]CCC. The van der Waals surface area contributed by atoms with Gasteiger partial charge < -0.3 is 10.2 Å². The molecule has 0 saturated carbocycles. The van der Waals surface area contributed by atoms with Crippen molar-refractivity contribution in [2.75, 3.05) is 0 Å². The van der Waals surface area contributed by atoms with E-state index in [2.05, 4.69) is 13.8 Å². The summed E-state index contributed by atoms with van der Waals surface area (Å²) in [6.07, 6.45) is 5.67. The van der Waals surface area contributed by atoms with Gasteiger partial charge in [0.25, 0.3) is 11.9 Å². The molecule has 0 atom stereocenters. The van der Waals surface area contributed by atoms with Gasteiger partial charge in [0.05, 0.1) is 0 Å². The summed E-state index contributed by atoms with van der Waals surface area (Å²) < 4.78 is 0. The maximum absolute atomic E-state index is 9.00. The topological polar surface area (TPSA) is 74.6 Å². The van der Waals surface area contributed by atoms with Crippen molar-refractivity contribution in [3.05, 3.63) is 0 Å². The van der Waals surface area contributed by atoms with E-state index in [1.165, 1.54) is 35.5 Å². The third-order valence-corrected chi connectivity index (χ3v) is 3.35. The van der Waals surface area contributed by atoms with Crippen molar-refractivity contribution < 1.29 is 37.8 Å². The van der Waals surface area contributed by atoms with Crippen molar-refractivity contribution in [2.45, 2.75) is 63.2 Å². The molecule has 0 bridgehead atoms. The van der Waals surface area contributed by atoms with Gasteiger partial charge in [-0.15, -0.1) is 0 Å². The van der Waals surface area contributed by atoms with Gasteiger partial charge in [-0.3, -0.25) is 9.59 Å². The van der Waals surface area contributed by atoms with E-state index >= 15 is 0 Å². The summed E-state index contributed by atoms with van der Waals surface area (Å²) in [5.41, 5.74) is 0. The normalized spacial score (nSPS) is 8.47. The first kappa shape index (κ1) is 21.8. The third-order valence-electron chi connectivity index (χ3n) is 1.15. The standard InChI is InChI=1S/2C4H9.2C2H4O2.Pd/c2*1-3-4-2;2*1-2(3)4;/h2*1,3-4H2,2H3;2*1H3,(H,3,4);. The van der Waals surface area contributed by atoms with Gasteiger partial charge in [-0.2, -0.15) is 0 Å². The van der Waals surface area contributed by atoms with Gasteiger partial charge >= 0.3 is 67.3 Å². The van der Waals surface area contributed by atoms with E-state index < -0.39 is 11.9 Å². The molecule has 5 heteroatoms. The molecule has 0 unspecified atom stereocenters. The molecule has 0 aromatic heterocycles. The number of rotatable bonds is 6. The van der Waals surface area contributed by atoms with Crippen LogP contribution < -0.4 is 0 Å². The molecule has 2 N–H and O–H groups in total. The summed E-state index contributed by atoms with van der Waals surface area (Å²) >= 11 is 1.07. The molecule has 0 radical (unpaired) electrons. The van der Waals surface area contributed by atoms with Crippen LogP contribution >= 0.6 is 0 Å². The fraction of sp³-hybridized carbons (Fsp3) is 0.833. The van der Waals surface area contributed by atoms with Crippen LogP contribution in [0.5, 0.6) is 0 Å². The molecule has 0 amide bonds. The molecule has 0 aliphatic heterocycles. The molecule has 0 heterocycles. The molecule has 0 saturated heterocycles. The predicted molar refractivity (Wildman–Crippen MR) is 66.0 cm³/mol. The Kier molecular flexibility index (Phi) is 26.9. The Morgan fingerprint density at radius 3 is 1.29 bits per heavy atom. The average molecular weight is 341 g/mol. The zero-order valence-corrected chi connectivity index (χ0v) is 12.8. The summed E-state index contributed by atoms with van der Waals surface area (Å²) in [7, 11) is 0. The van der Waals surface area contributed by atoms with Crippen LogP contribution in [0.3, 0.4) is 0 Å². The summed E-state index contributed by atoms with van der Waals surface area (Å²) in [5, 5.41) is 14.8. The van der Waals surface area contributed by atoms with Crippen LogP contribution in [0.25, 0.3) is 0 Å². The number of carboxylic acids is 2. The van der Waals surface area contributed by atoms with Gasteiger partial charge in [0, 0.05) is 13.8 Å². The molecule has 4 nitrogen and oxygen atoms in total. The van der Waals surface area contributed by atoms with Crippen molar-refractivity contribution in [1.29, 1.82) is 0 Å². The molecular weight excluding hydrogens is 315 g/mol. The minimum absolute atomic E-state index is 0.833.